The summed E-state index contributed by atoms with van der Waals surface area (Å²) in [7, 11) is 1.67. The number of aryl methyl sites for hydroxylation is 1. The molecule has 0 radical (unpaired) electrons. The molecule has 100 valence electrons. The van der Waals surface area contributed by atoms with Gasteiger partial charge in [-0.1, -0.05) is 22.0 Å². The lowest BCUT2D eigenvalue weighted by molar-refractivity contribution is 0.414. The summed E-state index contributed by atoms with van der Waals surface area (Å²) >= 11 is 5.87. The van der Waals surface area contributed by atoms with Crippen LogP contribution in [0.15, 0.2) is 40.9 Å². The maximum Gasteiger partial charge on any atom is 0.119 e. The Balaban J connectivity index is 2.43. The van der Waals surface area contributed by atoms with Crippen molar-refractivity contribution in [2.24, 2.45) is 5.73 Å². The summed E-state index contributed by atoms with van der Waals surface area (Å²) in [5, 5.41) is 0. The molecule has 0 aliphatic heterocycles. The Morgan fingerprint density at radius 1 is 1.16 bits per heavy atom. The van der Waals surface area contributed by atoms with E-state index in [9.17, 15) is 0 Å². The first-order chi connectivity index (χ1) is 9.02. The minimum absolute atomic E-state index is 0.144. The number of ether oxygens (including phenoxy) is 1. The molecule has 2 aromatic rings. The lowest BCUT2D eigenvalue weighted by Gasteiger charge is -2.18. The zero-order chi connectivity index (χ0) is 14.0. The minimum Gasteiger partial charge on any atom is -0.497 e. The van der Waals surface area contributed by atoms with Gasteiger partial charge in [-0.3, -0.25) is 0 Å². The normalized spacial score (nSPS) is 12.3. The Morgan fingerprint density at radius 2 is 1.89 bits per heavy atom. The van der Waals surface area contributed by atoms with E-state index in [-0.39, 0.29) is 6.04 Å². The number of hydrogen-bond acceptors (Lipinski definition) is 2. The molecule has 1 atom stereocenters. The molecule has 0 fully saturated rings. The highest BCUT2D eigenvalue weighted by Gasteiger charge is 2.15. The summed E-state index contributed by atoms with van der Waals surface area (Å²) in [5.74, 6) is 0.857. The van der Waals surface area contributed by atoms with Crippen molar-refractivity contribution in [1.29, 1.82) is 0 Å². The van der Waals surface area contributed by atoms with E-state index in [0.29, 0.717) is 0 Å². The maximum absolute atomic E-state index is 6.40. The second-order valence-corrected chi connectivity index (χ2v) is 6.47. The molecule has 19 heavy (non-hydrogen) atoms. The molecule has 0 bridgehead atoms. The van der Waals surface area contributed by atoms with Crippen LogP contribution in [0.2, 0.25) is 0 Å². The van der Waals surface area contributed by atoms with Crippen molar-refractivity contribution < 1.29 is 4.74 Å². The lowest BCUT2D eigenvalue weighted by atomic mass is 9.96. The van der Waals surface area contributed by atoms with Crippen molar-refractivity contribution >= 4 is 38.5 Å². The van der Waals surface area contributed by atoms with Gasteiger partial charge < -0.3 is 10.5 Å². The van der Waals surface area contributed by atoms with E-state index in [1.165, 1.54) is 3.57 Å². The Morgan fingerprint density at radius 3 is 2.53 bits per heavy atom. The van der Waals surface area contributed by atoms with Gasteiger partial charge in [-0.25, -0.2) is 0 Å². The smallest absolute Gasteiger partial charge is 0.119 e. The molecule has 2 N–H and O–H groups in total. The average molecular weight is 432 g/mol. The van der Waals surface area contributed by atoms with Gasteiger partial charge in [0.15, 0.2) is 0 Å². The Kier molecular flexibility index (Phi) is 4.86. The number of methoxy groups -OCH3 is 1. The second-order valence-electron chi connectivity index (χ2n) is 4.37. The zero-order valence-corrected chi connectivity index (χ0v) is 14.5. The van der Waals surface area contributed by atoms with E-state index in [0.717, 1.165) is 26.9 Å². The van der Waals surface area contributed by atoms with Gasteiger partial charge in [0.1, 0.15) is 5.75 Å². The van der Waals surface area contributed by atoms with Crippen molar-refractivity contribution in [2.75, 3.05) is 7.11 Å². The number of rotatable bonds is 3. The molecule has 1 unspecified atom stereocenters. The number of benzene rings is 2. The first-order valence-electron chi connectivity index (χ1n) is 5.88. The monoisotopic (exact) mass is 431 g/mol. The Labute approximate surface area is 135 Å². The Bertz CT molecular complexity index is 601. The topological polar surface area (TPSA) is 35.2 Å². The fourth-order valence-corrected chi connectivity index (χ4v) is 3.05. The highest BCUT2D eigenvalue weighted by Crippen LogP contribution is 2.31. The van der Waals surface area contributed by atoms with E-state index < -0.39 is 0 Å². The standard InChI is InChI=1S/C15H15BrINO/c1-9-7-11(19-2)4-5-12(9)15(18)13-8-10(17)3-6-14(13)16/h3-8,15H,18H2,1-2H3. The van der Waals surface area contributed by atoms with Crippen LogP contribution in [0.25, 0.3) is 0 Å². The molecule has 2 aromatic carbocycles. The molecular weight excluding hydrogens is 417 g/mol. The zero-order valence-electron chi connectivity index (χ0n) is 10.8. The van der Waals surface area contributed by atoms with Gasteiger partial charge in [0.2, 0.25) is 0 Å². The van der Waals surface area contributed by atoms with E-state index in [2.05, 4.69) is 57.6 Å². The fraction of sp³-hybridized carbons (Fsp3) is 0.200. The van der Waals surface area contributed by atoms with Crippen LogP contribution >= 0.6 is 38.5 Å². The van der Waals surface area contributed by atoms with Crippen LogP contribution in [0.1, 0.15) is 22.7 Å². The van der Waals surface area contributed by atoms with Gasteiger partial charge in [-0.05, 0) is 76.5 Å². The number of hydrogen-bond donors (Lipinski definition) is 1. The van der Waals surface area contributed by atoms with Crippen molar-refractivity contribution in [1.82, 2.24) is 0 Å². The van der Waals surface area contributed by atoms with E-state index >= 15 is 0 Å². The molecule has 0 amide bonds. The second kappa shape index (κ2) is 6.24. The average Bonchev–Trinajstić information content (AvgIpc) is 2.40. The van der Waals surface area contributed by atoms with Crippen LogP contribution in [-0.2, 0) is 0 Å². The summed E-state index contributed by atoms with van der Waals surface area (Å²) in [4.78, 5) is 0. The number of halogens is 2. The van der Waals surface area contributed by atoms with Crippen molar-refractivity contribution in [3.63, 3.8) is 0 Å². The van der Waals surface area contributed by atoms with Crippen LogP contribution in [0.4, 0.5) is 0 Å². The van der Waals surface area contributed by atoms with Crippen molar-refractivity contribution in [2.45, 2.75) is 13.0 Å². The molecule has 0 aromatic heterocycles. The van der Waals surface area contributed by atoms with Gasteiger partial charge in [0.25, 0.3) is 0 Å². The predicted octanol–water partition coefficient (Wildman–Crippen LogP) is 4.42. The maximum atomic E-state index is 6.40. The SMILES string of the molecule is COc1ccc(C(N)c2cc(I)ccc2Br)c(C)c1. The summed E-state index contributed by atoms with van der Waals surface area (Å²) < 4.78 is 7.44. The minimum atomic E-state index is -0.144. The largest absolute Gasteiger partial charge is 0.497 e. The summed E-state index contributed by atoms with van der Waals surface area (Å²) in [6.45, 7) is 2.06. The molecule has 0 spiro atoms. The predicted molar refractivity (Wildman–Crippen MR) is 90.6 cm³/mol. The third kappa shape index (κ3) is 3.30. The molecular formula is C15H15BrINO. The van der Waals surface area contributed by atoms with Gasteiger partial charge in [-0.2, -0.15) is 0 Å². The molecule has 0 saturated carbocycles. The third-order valence-corrected chi connectivity index (χ3v) is 4.50. The van der Waals surface area contributed by atoms with Crippen LogP contribution in [0.5, 0.6) is 5.75 Å². The molecule has 0 saturated heterocycles. The fourth-order valence-electron chi connectivity index (χ4n) is 2.04. The molecule has 0 aliphatic carbocycles. The van der Waals surface area contributed by atoms with Crippen LogP contribution in [0.3, 0.4) is 0 Å². The van der Waals surface area contributed by atoms with Gasteiger partial charge in [0, 0.05) is 8.04 Å². The molecule has 0 heterocycles. The summed E-state index contributed by atoms with van der Waals surface area (Å²) in [6.07, 6.45) is 0. The van der Waals surface area contributed by atoms with Crippen LogP contribution in [-0.4, -0.2) is 7.11 Å². The van der Waals surface area contributed by atoms with Crippen LogP contribution in [0, 0.1) is 10.5 Å². The van der Waals surface area contributed by atoms with Crippen molar-refractivity contribution in [3.05, 3.63) is 61.1 Å². The first kappa shape index (κ1) is 14.8. The first-order valence-corrected chi connectivity index (χ1v) is 7.75. The summed E-state index contributed by atoms with van der Waals surface area (Å²) in [5.41, 5.74) is 9.75. The van der Waals surface area contributed by atoms with Gasteiger partial charge >= 0.3 is 0 Å². The van der Waals surface area contributed by atoms with Crippen molar-refractivity contribution in [3.8, 4) is 5.75 Å². The molecule has 2 rings (SSSR count). The highest BCUT2D eigenvalue weighted by atomic mass is 127. The molecule has 2 nitrogen and oxygen atoms in total. The molecule has 0 aliphatic rings. The van der Waals surface area contributed by atoms with Crippen LogP contribution < -0.4 is 10.5 Å². The summed E-state index contributed by atoms with van der Waals surface area (Å²) in [6, 6.07) is 12.1. The highest BCUT2D eigenvalue weighted by molar-refractivity contribution is 14.1. The third-order valence-electron chi connectivity index (χ3n) is 3.11. The van der Waals surface area contributed by atoms with E-state index in [1.807, 2.05) is 24.3 Å². The lowest BCUT2D eigenvalue weighted by Crippen LogP contribution is -2.14. The number of nitrogens with two attached hydrogens (primary N) is 1. The van der Waals surface area contributed by atoms with Gasteiger partial charge in [0.05, 0.1) is 13.2 Å². The van der Waals surface area contributed by atoms with E-state index in [1.54, 1.807) is 7.11 Å². The van der Waals surface area contributed by atoms with E-state index in [4.69, 9.17) is 10.5 Å². The Hall–Kier alpha value is -0.590. The molecule has 4 heteroatoms. The van der Waals surface area contributed by atoms with Gasteiger partial charge in [-0.15, -0.1) is 0 Å². The quantitative estimate of drug-likeness (QED) is 0.730.